The van der Waals surface area contributed by atoms with Crippen LogP contribution in [0.1, 0.15) is 47.5 Å². The summed E-state index contributed by atoms with van der Waals surface area (Å²) >= 11 is 0. The smallest absolute Gasteiger partial charge is 0.429 e. The van der Waals surface area contributed by atoms with Gasteiger partial charge in [-0.05, 0) is 34.1 Å². The normalized spacial score (nSPS) is 10.7. The van der Waals surface area contributed by atoms with Gasteiger partial charge in [0.15, 0.2) is 0 Å². The molecule has 0 aliphatic carbocycles. The molecule has 0 aromatic heterocycles. The topological polar surface area (TPSA) is 67.9 Å². The molecule has 0 aliphatic rings. The van der Waals surface area contributed by atoms with E-state index in [0.717, 1.165) is 17.9 Å². The van der Waals surface area contributed by atoms with Gasteiger partial charge in [0.2, 0.25) is 0 Å². The van der Waals surface area contributed by atoms with Crippen LogP contribution in [0, 0.1) is 0 Å². The van der Waals surface area contributed by atoms with Crippen LogP contribution in [0.2, 0.25) is 0 Å². The lowest BCUT2D eigenvalue weighted by Gasteiger charge is -2.26. The van der Waals surface area contributed by atoms with E-state index in [1.807, 2.05) is 6.92 Å². The molecule has 6 nitrogen and oxygen atoms in total. The molecule has 0 unspecified atom stereocenters. The number of carbonyl (C=O) groups excluding carboxylic acids is 2. The molecule has 0 bridgehead atoms. The molecule has 0 aliphatic heterocycles. The Kier molecular flexibility index (Phi) is 7.16. The summed E-state index contributed by atoms with van der Waals surface area (Å²) in [6.07, 6.45) is 0.497. The predicted molar refractivity (Wildman–Crippen MR) is 68.0 cm³/mol. The summed E-state index contributed by atoms with van der Waals surface area (Å²) in [6, 6.07) is 0. The van der Waals surface area contributed by atoms with Crippen molar-refractivity contribution >= 4 is 12.2 Å². The van der Waals surface area contributed by atoms with Crippen molar-refractivity contribution in [1.29, 1.82) is 0 Å². The van der Waals surface area contributed by atoms with E-state index in [2.05, 4.69) is 5.43 Å². The van der Waals surface area contributed by atoms with Crippen molar-refractivity contribution < 1.29 is 19.1 Å². The second-order valence-electron chi connectivity index (χ2n) is 4.83. The summed E-state index contributed by atoms with van der Waals surface area (Å²) in [5, 5.41) is 1.08. The first-order chi connectivity index (χ1) is 8.30. The third kappa shape index (κ3) is 7.76. The summed E-state index contributed by atoms with van der Waals surface area (Å²) < 4.78 is 10.0. The maximum Gasteiger partial charge on any atom is 0.429 e. The van der Waals surface area contributed by atoms with Gasteiger partial charge in [-0.25, -0.2) is 20.0 Å². The number of rotatable bonds is 4. The van der Waals surface area contributed by atoms with Gasteiger partial charge < -0.3 is 9.47 Å². The first-order valence-electron chi connectivity index (χ1n) is 6.24. The van der Waals surface area contributed by atoms with Gasteiger partial charge in [-0.1, -0.05) is 13.3 Å². The Bertz CT molecular complexity index is 274. The summed E-state index contributed by atoms with van der Waals surface area (Å²) in [5.74, 6) is 0. The molecular weight excluding hydrogens is 236 g/mol. The van der Waals surface area contributed by atoms with Crippen LogP contribution in [0.3, 0.4) is 0 Å². The van der Waals surface area contributed by atoms with Crippen LogP contribution in [-0.2, 0) is 9.47 Å². The zero-order chi connectivity index (χ0) is 14.2. The molecule has 2 amide bonds. The van der Waals surface area contributed by atoms with E-state index in [-0.39, 0.29) is 0 Å². The fourth-order valence-electron chi connectivity index (χ4n) is 1.02. The molecule has 0 aromatic rings. The van der Waals surface area contributed by atoms with E-state index in [1.54, 1.807) is 27.7 Å². The number of unbranched alkanes of at least 4 members (excludes halogenated alkanes) is 1. The lowest BCUT2D eigenvalue weighted by Crippen LogP contribution is -2.48. The van der Waals surface area contributed by atoms with Crippen LogP contribution in [0.25, 0.3) is 0 Å². The number of hydrogen-bond donors (Lipinski definition) is 1. The second-order valence-corrected chi connectivity index (χ2v) is 4.83. The number of nitrogens with zero attached hydrogens (tertiary/aromatic N) is 1. The van der Waals surface area contributed by atoms with Crippen LogP contribution in [-0.4, -0.2) is 35.9 Å². The molecule has 106 valence electrons. The molecule has 0 fully saturated rings. The number of carbonyl (C=O) groups is 2. The van der Waals surface area contributed by atoms with Crippen LogP contribution in [0.15, 0.2) is 0 Å². The van der Waals surface area contributed by atoms with Gasteiger partial charge >= 0.3 is 12.2 Å². The van der Waals surface area contributed by atoms with E-state index in [9.17, 15) is 9.59 Å². The maximum absolute atomic E-state index is 11.7. The molecule has 1 N–H and O–H groups in total. The Balaban J connectivity index is 4.17. The van der Waals surface area contributed by atoms with Gasteiger partial charge in [0, 0.05) is 6.54 Å². The minimum atomic E-state index is -0.642. The van der Waals surface area contributed by atoms with Gasteiger partial charge in [0.1, 0.15) is 5.60 Å². The fraction of sp³-hybridized carbons (Fsp3) is 0.833. The third-order valence-electron chi connectivity index (χ3n) is 1.89. The number of ether oxygens (including phenoxy) is 2. The highest BCUT2D eigenvalue weighted by Crippen LogP contribution is 2.08. The van der Waals surface area contributed by atoms with E-state index in [4.69, 9.17) is 9.47 Å². The number of nitrogens with one attached hydrogen (secondary N) is 1. The lowest BCUT2D eigenvalue weighted by molar-refractivity contribution is 0.0134. The minimum absolute atomic E-state index is 0.303. The SMILES string of the molecule is CCCCOC(=O)NN(CC)C(=O)OC(C)(C)C. The molecule has 0 aromatic carbocycles. The third-order valence-corrected chi connectivity index (χ3v) is 1.89. The van der Waals surface area contributed by atoms with Crippen molar-refractivity contribution in [2.45, 2.75) is 53.1 Å². The summed E-state index contributed by atoms with van der Waals surface area (Å²) in [4.78, 5) is 23.1. The first-order valence-corrected chi connectivity index (χ1v) is 6.24. The van der Waals surface area contributed by atoms with Crippen molar-refractivity contribution in [3.63, 3.8) is 0 Å². The van der Waals surface area contributed by atoms with Crippen LogP contribution in [0.5, 0.6) is 0 Å². The van der Waals surface area contributed by atoms with E-state index in [0.29, 0.717) is 13.2 Å². The van der Waals surface area contributed by atoms with Gasteiger partial charge in [-0.3, -0.25) is 0 Å². The van der Waals surface area contributed by atoms with Crippen molar-refractivity contribution in [2.24, 2.45) is 0 Å². The summed E-state index contributed by atoms with van der Waals surface area (Å²) in [6.45, 7) is 9.66. The number of hydrogen-bond acceptors (Lipinski definition) is 4. The Morgan fingerprint density at radius 2 is 1.83 bits per heavy atom. The zero-order valence-corrected chi connectivity index (χ0v) is 11.9. The molecular formula is C12H24N2O4. The number of amides is 2. The standard InChI is InChI=1S/C12H24N2O4/c1-6-8-9-17-10(15)13-14(7-2)11(16)18-12(3,4)5/h6-9H2,1-5H3,(H,13,15). The van der Waals surface area contributed by atoms with Gasteiger partial charge in [-0.2, -0.15) is 0 Å². The van der Waals surface area contributed by atoms with E-state index in [1.165, 1.54) is 0 Å². The Hall–Kier alpha value is -1.46. The van der Waals surface area contributed by atoms with Gasteiger partial charge in [-0.15, -0.1) is 0 Å². The average molecular weight is 260 g/mol. The molecule has 0 heterocycles. The summed E-state index contributed by atoms with van der Waals surface area (Å²) in [7, 11) is 0. The molecule has 0 radical (unpaired) electrons. The highest BCUT2D eigenvalue weighted by atomic mass is 16.6. The maximum atomic E-state index is 11.7. The lowest BCUT2D eigenvalue weighted by atomic mass is 10.2. The number of hydrazine groups is 1. The molecule has 0 spiro atoms. The molecule has 0 atom stereocenters. The fourth-order valence-corrected chi connectivity index (χ4v) is 1.02. The predicted octanol–water partition coefficient (Wildman–Crippen LogP) is 2.68. The van der Waals surface area contributed by atoms with Crippen molar-refractivity contribution in [2.75, 3.05) is 13.2 Å². The van der Waals surface area contributed by atoms with E-state index >= 15 is 0 Å². The van der Waals surface area contributed by atoms with Crippen molar-refractivity contribution in [3.05, 3.63) is 0 Å². The monoisotopic (exact) mass is 260 g/mol. The molecule has 6 heteroatoms. The molecule has 18 heavy (non-hydrogen) atoms. The van der Waals surface area contributed by atoms with Crippen LogP contribution < -0.4 is 5.43 Å². The van der Waals surface area contributed by atoms with Crippen LogP contribution >= 0.6 is 0 Å². The zero-order valence-electron chi connectivity index (χ0n) is 11.9. The quantitative estimate of drug-likeness (QED) is 0.623. The molecule has 0 saturated heterocycles. The Morgan fingerprint density at radius 3 is 2.28 bits per heavy atom. The molecule has 0 rings (SSSR count). The van der Waals surface area contributed by atoms with Gasteiger partial charge in [0.05, 0.1) is 6.61 Å². The highest BCUT2D eigenvalue weighted by molar-refractivity contribution is 5.74. The Labute approximate surface area is 109 Å². The highest BCUT2D eigenvalue weighted by Gasteiger charge is 2.22. The summed E-state index contributed by atoms with van der Waals surface area (Å²) in [5.41, 5.74) is 1.75. The van der Waals surface area contributed by atoms with Crippen molar-refractivity contribution in [3.8, 4) is 0 Å². The average Bonchev–Trinajstić information content (AvgIpc) is 2.23. The minimum Gasteiger partial charge on any atom is -0.448 e. The largest absolute Gasteiger partial charge is 0.448 e. The second kappa shape index (κ2) is 7.79. The first kappa shape index (κ1) is 16.5. The molecule has 0 saturated carbocycles. The van der Waals surface area contributed by atoms with Crippen molar-refractivity contribution in [1.82, 2.24) is 10.4 Å². The van der Waals surface area contributed by atoms with E-state index < -0.39 is 17.8 Å². The Morgan fingerprint density at radius 1 is 1.22 bits per heavy atom. The van der Waals surface area contributed by atoms with Crippen LogP contribution in [0.4, 0.5) is 9.59 Å². The van der Waals surface area contributed by atoms with Gasteiger partial charge in [0.25, 0.3) is 0 Å².